The van der Waals surface area contributed by atoms with Crippen LogP contribution < -0.4 is 4.74 Å². The Morgan fingerprint density at radius 1 is 1.12 bits per heavy atom. The number of benzene rings is 1. The van der Waals surface area contributed by atoms with Gasteiger partial charge in [0.25, 0.3) is 0 Å². The highest BCUT2D eigenvalue weighted by molar-refractivity contribution is 6.30. The molecule has 0 aliphatic carbocycles. The Morgan fingerprint density at radius 2 is 1.84 bits per heavy atom. The molecule has 2 heterocycles. The molecular formula is C18H25ClN4O2. The number of piperazine rings is 1. The lowest BCUT2D eigenvalue weighted by Crippen LogP contribution is -2.47. The molecule has 0 spiro atoms. The number of rotatable bonds is 8. The Labute approximate surface area is 153 Å². The molecule has 1 saturated heterocycles. The summed E-state index contributed by atoms with van der Waals surface area (Å²) in [5, 5.41) is 4.74. The standard InChI is InChI=1S/C18H25ClN4O2/c1-2-3-17-20-18(25-21-17)14-23-10-8-22(9-11-23)12-13-24-16-6-4-15(19)5-7-16/h4-7H,2-3,8-14H2,1H3. The van der Waals surface area contributed by atoms with E-state index in [1.54, 1.807) is 0 Å². The van der Waals surface area contributed by atoms with Gasteiger partial charge in [0.15, 0.2) is 5.82 Å². The lowest BCUT2D eigenvalue weighted by atomic mass is 10.3. The Hall–Kier alpha value is -1.63. The second-order valence-corrected chi connectivity index (χ2v) is 6.71. The number of aryl methyl sites for hydroxylation is 1. The molecule has 0 unspecified atom stereocenters. The van der Waals surface area contributed by atoms with Gasteiger partial charge in [-0.05, 0) is 30.7 Å². The van der Waals surface area contributed by atoms with Crippen molar-refractivity contribution in [1.82, 2.24) is 19.9 Å². The van der Waals surface area contributed by atoms with Crippen LogP contribution in [0, 0.1) is 0 Å². The maximum absolute atomic E-state index is 5.87. The zero-order valence-electron chi connectivity index (χ0n) is 14.7. The summed E-state index contributed by atoms with van der Waals surface area (Å²) in [6.45, 7) is 8.54. The van der Waals surface area contributed by atoms with Crippen molar-refractivity contribution in [3.05, 3.63) is 41.0 Å². The molecule has 1 aromatic heterocycles. The van der Waals surface area contributed by atoms with Crippen LogP contribution in [0.25, 0.3) is 0 Å². The first-order valence-electron chi connectivity index (χ1n) is 8.87. The zero-order chi connectivity index (χ0) is 17.5. The minimum Gasteiger partial charge on any atom is -0.492 e. The fourth-order valence-corrected chi connectivity index (χ4v) is 2.99. The summed E-state index contributed by atoms with van der Waals surface area (Å²) in [6.07, 6.45) is 1.92. The fourth-order valence-electron chi connectivity index (χ4n) is 2.87. The van der Waals surface area contributed by atoms with Gasteiger partial charge in [0.1, 0.15) is 12.4 Å². The van der Waals surface area contributed by atoms with Crippen molar-refractivity contribution in [2.24, 2.45) is 0 Å². The first kappa shape index (κ1) is 18.2. The summed E-state index contributed by atoms with van der Waals surface area (Å²) >= 11 is 5.87. The first-order chi connectivity index (χ1) is 12.2. The number of hydrogen-bond donors (Lipinski definition) is 0. The third kappa shape index (κ3) is 5.70. The largest absolute Gasteiger partial charge is 0.492 e. The van der Waals surface area contributed by atoms with Crippen molar-refractivity contribution in [2.45, 2.75) is 26.3 Å². The molecule has 1 aliphatic heterocycles. The predicted octanol–water partition coefficient (Wildman–Crippen LogP) is 2.87. The maximum atomic E-state index is 5.87. The van der Waals surface area contributed by atoms with Gasteiger partial charge >= 0.3 is 0 Å². The van der Waals surface area contributed by atoms with E-state index < -0.39 is 0 Å². The highest BCUT2D eigenvalue weighted by atomic mass is 35.5. The van der Waals surface area contributed by atoms with Gasteiger partial charge in [-0.2, -0.15) is 4.98 Å². The maximum Gasteiger partial charge on any atom is 0.240 e. The van der Waals surface area contributed by atoms with E-state index >= 15 is 0 Å². The molecule has 2 aromatic rings. The second-order valence-electron chi connectivity index (χ2n) is 6.27. The summed E-state index contributed by atoms with van der Waals surface area (Å²) in [6, 6.07) is 7.49. The van der Waals surface area contributed by atoms with Crippen LogP contribution in [0.15, 0.2) is 28.8 Å². The van der Waals surface area contributed by atoms with E-state index in [-0.39, 0.29) is 0 Å². The smallest absolute Gasteiger partial charge is 0.240 e. The Kier molecular flexibility index (Phi) is 6.67. The molecule has 7 heteroatoms. The molecule has 0 saturated carbocycles. The van der Waals surface area contributed by atoms with Crippen LogP contribution in [-0.4, -0.2) is 59.3 Å². The van der Waals surface area contributed by atoms with Crippen LogP contribution in [0.3, 0.4) is 0 Å². The lowest BCUT2D eigenvalue weighted by Gasteiger charge is -2.33. The molecule has 136 valence electrons. The number of hydrogen-bond acceptors (Lipinski definition) is 6. The van der Waals surface area contributed by atoms with Gasteiger partial charge < -0.3 is 9.26 Å². The van der Waals surface area contributed by atoms with Crippen molar-refractivity contribution in [3.63, 3.8) is 0 Å². The van der Waals surface area contributed by atoms with E-state index in [4.69, 9.17) is 20.9 Å². The van der Waals surface area contributed by atoms with Crippen molar-refractivity contribution in [3.8, 4) is 5.75 Å². The van der Waals surface area contributed by atoms with Crippen LogP contribution in [0.1, 0.15) is 25.1 Å². The highest BCUT2D eigenvalue weighted by Gasteiger charge is 2.19. The molecule has 3 rings (SSSR count). The van der Waals surface area contributed by atoms with Crippen LogP contribution in [0.4, 0.5) is 0 Å². The van der Waals surface area contributed by atoms with E-state index in [1.165, 1.54) is 0 Å². The van der Waals surface area contributed by atoms with Crippen molar-refractivity contribution in [2.75, 3.05) is 39.3 Å². The van der Waals surface area contributed by atoms with Crippen LogP contribution >= 0.6 is 11.6 Å². The van der Waals surface area contributed by atoms with E-state index in [0.717, 1.165) is 74.6 Å². The third-order valence-corrected chi connectivity index (χ3v) is 4.55. The van der Waals surface area contributed by atoms with Crippen LogP contribution in [0.5, 0.6) is 5.75 Å². The molecule has 0 amide bonds. The molecule has 0 N–H and O–H groups in total. The van der Waals surface area contributed by atoms with Gasteiger partial charge in [0.2, 0.25) is 5.89 Å². The summed E-state index contributed by atoms with van der Waals surface area (Å²) in [5.74, 6) is 2.40. The lowest BCUT2D eigenvalue weighted by molar-refractivity contribution is 0.104. The van der Waals surface area contributed by atoms with Gasteiger partial charge in [-0.3, -0.25) is 9.80 Å². The van der Waals surface area contributed by atoms with E-state index in [2.05, 4.69) is 26.9 Å². The SMILES string of the molecule is CCCc1noc(CN2CCN(CCOc3ccc(Cl)cc3)CC2)n1. The Morgan fingerprint density at radius 3 is 2.56 bits per heavy atom. The minimum absolute atomic E-state index is 0.686. The van der Waals surface area contributed by atoms with Gasteiger partial charge in [-0.1, -0.05) is 23.7 Å². The molecule has 0 bridgehead atoms. The van der Waals surface area contributed by atoms with Gasteiger partial charge in [0, 0.05) is 44.2 Å². The topological polar surface area (TPSA) is 54.6 Å². The second kappa shape index (κ2) is 9.17. The average molecular weight is 365 g/mol. The Bertz CT molecular complexity index is 639. The van der Waals surface area contributed by atoms with Gasteiger partial charge in [-0.25, -0.2) is 0 Å². The number of halogens is 1. The summed E-state index contributed by atoms with van der Waals surface area (Å²) in [7, 11) is 0. The highest BCUT2D eigenvalue weighted by Crippen LogP contribution is 2.15. The normalized spacial score (nSPS) is 16.2. The van der Waals surface area contributed by atoms with Crippen LogP contribution in [-0.2, 0) is 13.0 Å². The summed E-state index contributed by atoms with van der Waals surface area (Å²) < 4.78 is 11.1. The number of nitrogens with zero attached hydrogens (tertiary/aromatic N) is 4. The van der Waals surface area contributed by atoms with Crippen LogP contribution in [0.2, 0.25) is 5.02 Å². The van der Waals surface area contributed by atoms with E-state index in [0.29, 0.717) is 6.61 Å². The molecule has 25 heavy (non-hydrogen) atoms. The van der Waals surface area contributed by atoms with Gasteiger partial charge in [-0.15, -0.1) is 0 Å². The van der Waals surface area contributed by atoms with E-state index in [9.17, 15) is 0 Å². The van der Waals surface area contributed by atoms with Crippen molar-refractivity contribution in [1.29, 1.82) is 0 Å². The Balaban J connectivity index is 1.34. The van der Waals surface area contributed by atoms with Crippen molar-refractivity contribution < 1.29 is 9.26 Å². The molecule has 1 aliphatic rings. The molecule has 0 radical (unpaired) electrons. The van der Waals surface area contributed by atoms with Gasteiger partial charge in [0.05, 0.1) is 6.54 Å². The zero-order valence-corrected chi connectivity index (χ0v) is 15.4. The summed E-state index contributed by atoms with van der Waals surface area (Å²) in [4.78, 5) is 9.22. The minimum atomic E-state index is 0.686. The third-order valence-electron chi connectivity index (χ3n) is 4.30. The molecule has 1 fully saturated rings. The fraction of sp³-hybridized carbons (Fsp3) is 0.556. The number of aromatic nitrogens is 2. The molecule has 6 nitrogen and oxygen atoms in total. The van der Waals surface area contributed by atoms with Crippen molar-refractivity contribution >= 4 is 11.6 Å². The molecule has 1 aromatic carbocycles. The quantitative estimate of drug-likeness (QED) is 0.718. The molecular weight excluding hydrogens is 340 g/mol. The monoisotopic (exact) mass is 364 g/mol. The summed E-state index contributed by atoms with van der Waals surface area (Å²) in [5.41, 5.74) is 0. The average Bonchev–Trinajstić information content (AvgIpc) is 3.06. The first-order valence-corrected chi connectivity index (χ1v) is 9.25. The van der Waals surface area contributed by atoms with E-state index in [1.807, 2.05) is 24.3 Å². The number of ether oxygens (including phenoxy) is 1. The molecule has 0 atom stereocenters. The predicted molar refractivity (Wildman–Crippen MR) is 97.0 cm³/mol.